The fraction of sp³-hybridized carbons (Fsp3) is 0.412. The van der Waals surface area contributed by atoms with Crippen molar-refractivity contribution in [2.45, 2.75) is 31.7 Å². The van der Waals surface area contributed by atoms with E-state index in [2.05, 4.69) is 15.2 Å². The van der Waals surface area contributed by atoms with Crippen LogP contribution in [-0.2, 0) is 13.6 Å². The normalized spacial score (nSPS) is 14.2. The van der Waals surface area contributed by atoms with Gasteiger partial charge in [0.15, 0.2) is 11.5 Å². The highest BCUT2D eigenvalue weighted by Gasteiger charge is 2.33. The third kappa shape index (κ3) is 4.09. The molecule has 0 spiro atoms. The first-order chi connectivity index (χ1) is 12.3. The van der Waals surface area contributed by atoms with E-state index in [1.54, 1.807) is 19.2 Å². The van der Waals surface area contributed by atoms with Gasteiger partial charge in [0.05, 0.1) is 12.8 Å². The summed E-state index contributed by atoms with van der Waals surface area (Å²) in [6, 6.07) is 5.86. The second kappa shape index (κ2) is 6.89. The van der Waals surface area contributed by atoms with Crippen molar-refractivity contribution < 1.29 is 27.4 Å². The van der Waals surface area contributed by atoms with Crippen LogP contribution in [0.15, 0.2) is 24.3 Å². The van der Waals surface area contributed by atoms with Gasteiger partial charge < -0.3 is 14.8 Å². The lowest BCUT2D eigenvalue weighted by atomic mass is 10.1. The van der Waals surface area contributed by atoms with Crippen molar-refractivity contribution in [1.82, 2.24) is 15.1 Å². The Labute approximate surface area is 147 Å². The summed E-state index contributed by atoms with van der Waals surface area (Å²) in [6.45, 7) is -0.0129. The minimum absolute atomic E-state index is 0.0129. The van der Waals surface area contributed by atoms with Crippen LogP contribution in [0, 0.1) is 0 Å². The first-order valence-corrected chi connectivity index (χ1v) is 8.02. The van der Waals surface area contributed by atoms with Crippen LogP contribution in [0.3, 0.4) is 0 Å². The molecule has 1 amide bonds. The Hall–Kier alpha value is -2.71. The highest BCUT2D eigenvalue weighted by molar-refractivity contribution is 5.92. The molecule has 140 valence electrons. The molecule has 0 unspecified atom stereocenters. The number of carbonyl (C=O) groups excluding carboxylic acids is 1. The van der Waals surface area contributed by atoms with E-state index < -0.39 is 12.1 Å². The van der Waals surface area contributed by atoms with Gasteiger partial charge in [-0.25, -0.2) is 0 Å². The van der Waals surface area contributed by atoms with Gasteiger partial charge in [-0.3, -0.25) is 9.48 Å². The summed E-state index contributed by atoms with van der Waals surface area (Å²) in [4.78, 5) is 12.4. The number of carbonyl (C=O) groups is 1. The van der Waals surface area contributed by atoms with E-state index in [0.717, 1.165) is 24.6 Å². The predicted octanol–water partition coefficient (Wildman–Crippen LogP) is 3.13. The summed E-state index contributed by atoms with van der Waals surface area (Å²) < 4.78 is 48.0. The van der Waals surface area contributed by atoms with Crippen LogP contribution in [0.25, 0.3) is 0 Å². The maximum atomic E-state index is 12.5. The monoisotopic (exact) mass is 369 g/mol. The van der Waals surface area contributed by atoms with Crippen molar-refractivity contribution in [1.29, 1.82) is 0 Å². The van der Waals surface area contributed by atoms with Gasteiger partial charge in [-0.15, -0.1) is 13.2 Å². The summed E-state index contributed by atoms with van der Waals surface area (Å²) in [6.07, 6.45) is -2.69. The SMILES string of the molecule is COc1c(CNC(=O)c2cc(C3CC3)nn2C)cccc1OC(F)(F)F. The van der Waals surface area contributed by atoms with Gasteiger partial charge in [0.25, 0.3) is 5.91 Å². The number of halogens is 3. The van der Waals surface area contributed by atoms with Crippen LogP contribution in [-0.4, -0.2) is 29.2 Å². The minimum Gasteiger partial charge on any atom is -0.492 e. The second-order valence-corrected chi connectivity index (χ2v) is 6.03. The van der Waals surface area contributed by atoms with E-state index in [4.69, 9.17) is 4.74 Å². The number of hydrogen-bond acceptors (Lipinski definition) is 4. The Bertz CT molecular complexity index is 813. The van der Waals surface area contributed by atoms with Crippen LogP contribution in [0.1, 0.15) is 40.5 Å². The molecule has 9 heteroatoms. The Morgan fingerprint density at radius 2 is 2.12 bits per heavy atom. The second-order valence-electron chi connectivity index (χ2n) is 6.03. The van der Waals surface area contributed by atoms with Crippen molar-refractivity contribution in [3.63, 3.8) is 0 Å². The Kier molecular flexibility index (Phi) is 4.80. The summed E-state index contributed by atoms with van der Waals surface area (Å²) >= 11 is 0. The van der Waals surface area contributed by atoms with Crippen molar-refractivity contribution in [2.75, 3.05) is 7.11 Å². The molecule has 0 aliphatic heterocycles. The van der Waals surface area contributed by atoms with Crippen LogP contribution in [0.2, 0.25) is 0 Å². The van der Waals surface area contributed by atoms with Gasteiger partial charge in [0, 0.05) is 25.1 Å². The Balaban J connectivity index is 1.72. The number of rotatable bonds is 6. The number of aryl methyl sites for hydroxylation is 1. The summed E-state index contributed by atoms with van der Waals surface area (Å²) in [5.41, 5.74) is 1.65. The minimum atomic E-state index is -4.83. The van der Waals surface area contributed by atoms with E-state index in [1.807, 2.05) is 0 Å². The number of para-hydroxylation sites is 1. The van der Waals surface area contributed by atoms with E-state index in [1.165, 1.54) is 17.9 Å². The number of nitrogens with one attached hydrogen (secondary N) is 1. The molecule has 1 heterocycles. The Morgan fingerprint density at radius 1 is 1.38 bits per heavy atom. The number of aromatic nitrogens is 2. The number of benzene rings is 1. The summed E-state index contributed by atoms with van der Waals surface area (Å²) in [5, 5.41) is 7.00. The number of methoxy groups -OCH3 is 1. The molecule has 1 fully saturated rings. The molecule has 1 aliphatic rings. The molecule has 26 heavy (non-hydrogen) atoms. The average Bonchev–Trinajstić information content (AvgIpc) is 3.34. The van der Waals surface area contributed by atoms with Gasteiger partial charge >= 0.3 is 6.36 Å². The van der Waals surface area contributed by atoms with Crippen molar-refractivity contribution in [3.05, 3.63) is 41.2 Å². The van der Waals surface area contributed by atoms with Crippen LogP contribution in [0.4, 0.5) is 13.2 Å². The number of alkyl halides is 3. The molecule has 1 aromatic heterocycles. The van der Waals surface area contributed by atoms with E-state index in [-0.39, 0.29) is 18.2 Å². The molecular formula is C17H18F3N3O3. The molecule has 0 bridgehead atoms. The van der Waals surface area contributed by atoms with Crippen LogP contribution >= 0.6 is 0 Å². The zero-order chi connectivity index (χ0) is 18.9. The van der Waals surface area contributed by atoms with Gasteiger partial charge in [0.2, 0.25) is 0 Å². The summed E-state index contributed by atoms with van der Waals surface area (Å²) in [7, 11) is 2.92. The number of ether oxygens (including phenoxy) is 2. The van der Waals surface area contributed by atoms with E-state index in [0.29, 0.717) is 17.2 Å². The molecule has 0 atom stereocenters. The van der Waals surface area contributed by atoms with E-state index in [9.17, 15) is 18.0 Å². The lowest BCUT2D eigenvalue weighted by Crippen LogP contribution is -2.25. The van der Waals surface area contributed by atoms with Crippen molar-refractivity contribution >= 4 is 5.91 Å². The lowest BCUT2D eigenvalue weighted by Gasteiger charge is -2.15. The van der Waals surface area contributed by atoms with Gasteiger partial charge in [-0.1, -0.05) is 12.1 Å². The molecule has 0 radical (unpaired) electrons. The average molecular weight is 369 g/mol. The van der Waals surface area contributed by atoms with E-state index >= 15 is 0 Å². The molecule has 2 aromatic rings. The van der Waals surface area contributed by atoms with Crippen molar-refractivity contribution in [3.8, 4) is 11.5 Å². The van der Waals surface area contributed by atoms with Crippen LogP contribution < -0.4 is 14.8 Å². The fourth-order valence-corrected chi connectivity index (χ4v) is 2.68. The summed E-state index contributed by atoms with van der Waals surface area (Å²) in [5.74, 6) is -0.479. The maximum Gasteiger partial charge on any atom is 0.573 e. The highest BCUT2D eigenvalue weighted by Crippen LogP contribution is 2.39. The number of nitrogens with zero attached hydrogens (tertiary/aromatic N) is 2. The zero-order valence-electron chi connectivity index (χ0n) is 14.3. The van der Waals surface area contributed by atoms with Crippen molar-refractivity contribution in [2.24, 2.45) is 7.05 Å². The standard InChI is InChI=1S/C17H18F3N3O3/c1-23-13(8-12(22-23)10-6-7-10)16(24)21-9-11-4-3-5-14(15(11)25-2)26-17(18,19)20/h3-5,8,10H,6-7,9H2,1-2H3,(H,21,24). The molecule has 1 aliphatic carbocycles. The molecule has 1 N–H and O–H groups in total. The van der Waals surface area contributed by atoms with Gasteiger partial charge in [0.1, 0.15) is 5.69 Å². The number of hydrogen-bond donors (Lipinski definition) is 1. The molecular weight excluding hydrogens is 351 g/mol. The van der Waals surface area contributed by atoms with Gasteiger partial charge in [-0.2, -0.15) is 5.10 Å². The molecule has 6 nitrogen and oxygen atoms in total. The van der Waals surface area contributed by atoms with Gasteiger partial charge in [-0.05, 0) is 25.0 Å². The topological polar surface area (TPSA) is 65.4 Å². The fourth-order valence-electron chi connectivity index (χ4n) is 2.68. The highest BCUT2D eigenvalue weighted by atomic mass is 19.4. The molecule has 3 rings (SSSR count). The number of amides is 1. The molecule has 0 saturated heterocycles. The zero-order valence-corrected chi connectivity index (χ0v) is 14.3. The molecule has 1 saturated carbocycles. The smallest absolute Gasteiger partial charge is 0.492 e. The predicted molar refractivity (Wildman–Crippen MR) is 86.0 cm³/mol. The maximum absolute atomic E-state index is 12.5. The van der Waals surface area contributed by atoms with Crippen LogP contribution in [0.5, 0.6) is 11.5 Å². The first kappa shape index (κ1) is 18.1. The third-order valence-electron chi connectivity index (χ3n) is 4.06. The Morgan fingerprint density at radius 3 is 2.73 bits per heavy atom. The largest absolute Gasteiger partial charge is 0.573 e. The molecule has 1 aromatic carbocycles. The lowest BCUT2D eigenvalue weighted by molar-refractivity contribution is -0.275. The first-order valence-electron chi connectivity index (χ1n) is 8.02. The quantitative estimate of drug-likeness (QED) is 0.850. The third-order valence-corrected chi connectivity index (χ3v) is 4.06.